The Morgan fingerprint density at radius 1 is 1.33 bits per heavy atom. The van der Waals surface area contributed by atoms with Gasteiger partial charge in [0.1, 0.15) is 0 Å². The SMILES string of the molecule is C=CCCC(=O)n1cc(C(C)=O)c2ccccc21. The zero-order chi connectivity index (χ0) is 13.1. The number of para-hydroxylation sites is 1. The molecule has 1 aromatic carbocycles. The van der Waals surface area contributed by atoms with Crippen molar-refractivity contribution in [2.24, 2.45) is 0 Å². The van der Waals surface area contributed by atoms with E-state index < -0.39 is 0 Å². The lowest BCUT2D eigenvalue weighted by molar-refractivity contribution is 0.0909. The number of fused-ring (bicyclic) bond motifs is 1. The number of Topliss-reactive ketones (excluding diaryl/α,β-unsaturated/α-hetero) is 1. The first kappa shape index (κ1) is 12.3. The van der Waals surface area contributed by atoms with Crippen LogP contribution >= 0.6 is 0 Å². The van der Waals surface area contributed by atoms with Gasteiger partial charge >= 0.3 is 0 Å². The predicted molar refractivity (Wildman–Crippen MR) is 72.0 cm³/mol. The number of rotatable bonds is 4. The van der Waals surface area contributed by atoms with Crippen molar-refractivity contribution in [3.63, 3.8) is 0 Å². The molecule has 3 heteroatoms. The number of aromatic nitrogens is 1. The maximum absolute atomic E-state index is 12.1. The van der Waals surface area contributed by atoms with E-state index in [1.807, 2.05) is 24.3 Å². The molecular weight excluding hydrogens is 226 g/mol. The number of carbonyl (C=O) groups excluding carboxylic acids is 2. The summed E-state index contributed by atoms with van der Waals surface area (Å²) in [5.41, 5.74) is 1.38. The molecule has 1 heterocycles. The minimum absolute atomic E-state index is 0.0152. The predicted octanol–water partition coefficient (Wildman–Crippen LogP) is 3.45. The second-order valence-corrected chi connectivity index (χ2v) is 4.21. The first-order valence-electron chi connectivity index (χ1n) is 5.90. The van der Waals surface area contributed by atoms with Gasteiger partial charge in [-0.05, 0) is 19.4 Å². The molecule has 2 rings (SSSR count). The lowest BCUT2D eigenvalue weighted by Crippen LogP contribution is -2.08. The Kier molecular flexibility index (Phi) is 3.42. The highest BCUT2D eigenvalue weighted by molar-refractivity contribution is 6.09. The Balaban J connectivity index is 2.54. The maximum Gasteiger partial charge on any atom is 0.231 e. The van der Waals surface area contributed by atoms with Crippen LogP contribution in [0.5, 0.6) is 0 Å². The Labute approximate surface area is 106 Å². The fourth-order valence-electron chi connectivity index (χ4n) is 2.01. The molecule has 0 amide bonds. The topological polar surface area (TPSA) is 39.1 Å². The van der Waals surface area contributed by atoms with E-state index in [4.69, 9.17) is 0 Å². The molecule has 92 valence electrons. The first-order chi connectivity index (χ1) is 8.65. The van der Waals surface area contributed by atoms with E-state index >= 15 is 0 Å². The van der Waals surface area contributed by atoms with Crippen molar-refractivity contribution in [1.82, 2.24) is 4.57 Å². The average molecular weight is 241 g/mol. The summed E-state index contributed by atoms with van der Waals surface area (Å²) in [5.74, 6) is -0.0416. The molecule has 0 bridgehead atoms. The number of nitrogens with zero attached hydrogens (tertiary/aromatic N) is 1. The molecule has 0 N–H and O–H groups in total. The molecule has 0 atom stereocenters. The van der Waals surface area contributed by atoms with Crippen molar-refractivity contribution < 1.29 is 9.59 Å². The molecule has 0 saturated carbocycles. The van der Waals surface area contributed by atoms with Gasteiger partial charge in [0, 0.05) is 23.6 Å². The van der Waals surface area contributed by atoms with E-state index in [-0.39, 0.29) is 11.7 Å². The molecule has 0 aliphatic heterocycles. The average Bonchev–Trinajstić information content (AvgIpc) is 2.75. The number of ketones is 1. The van der Waals surface area contributed by atoms with Gasteiger partial charge in [0.2, 0.25) is 5.91 Å². The highest BCUT2D eigenvalue weighted by Gasteiger charge is 2.14. The van der Waals surface area contributed by atoms with Gasteiger partial charge < -0.3 is 0 Å². The Bertz CT molecular complexity index is 622. The number of carbonyl (C=O) groups is 2. The summed E-state index contributed by atoms with van der Waals surface area (Å²) in [5, 5.41) is 0.831. The van der Waals surface area contributed by atoms with Gasteiger partial charge in [0.05, 0.1) is 5.52 Å². The molecular formula is C15H15NO2. The van der Waals surface area contributed by atoms with Crippen LogP contribution in [0.3, 0.4) is 0 Å². The molecule has 2 aromatic rings. The van der Waals surface area contributed by atoms with Crippen LogP contribution in [0.15, 0.2) is 43.1 Å². The Hall–Kier alpha value is -2.16. The van der Waals surface area contributed by atoms with Crippen molar-refractivity contribution in [3.05, 3.63) is 48.7 Å². The number of hydrogen-bond acceptors (Lipinski definition) is 2. The Morgan fingerprint density at radius 2 is 2.06 bits per heavy atom. The molecule has 0 radical (unpaired) electrons. The second-order valence-electron chi connectivity index (χ2n) is 4.21. The summed E-state index contributed by atoms with van der Waals surface area (Å²) in [6.07, 6.45) is 4.40. The number of benzene rings is 1. The quantitative estimate of drug-likeness (QED) is 0.607. The lowest BCUT2D eigenvalue weighted by Gasteiger charge is -2.01. The van der Waals surface area contributed by atoms with Gasteiger partial charge in [-0.1, -0.05) is 24.3 Å². The van der Waals surface area contributed by atoms with Crippen LogP contribution in [0.2, 0.25) is 0 Å². The molecule has 1 aromatic heterocycles. The van der Waals surface area contributed by atoms with Crippen LogP contribution in [-0.4, -0.2) is 16.3 Å². The minimum atomic E-state index is -0.0264. The van der Waals surface area contributed by atoms with Gasteiger partial charge in [0.25, 0.3) is 0 Å². The zero-order valence-electron chi connectivity index (χ0n) is 10.3. The summed E-state index contributed by atoms with van der Waals surface area (Å²) < 4.78 is 1.57. The molecule has 0 aliphatic carbocycles. The second kappa shape index (κ2) is 5.00. The fourth-order valence-corrected chi connectivity index (χ4v) is 2.01. The van der Waals surface area contributed by atoms with Crippen LogP contribution in [0.1, 0.15) is 34.9 Å². The Morgan fingerprint density at radius 3 is 2.72 bits per heavy atom. The zero-order valence-corrected chi connectivity index (χ0v) is 10.3. The normalized spacial score (nSPS) is 10.5. The third kappa shape index (κ3) is 2.12. The fraction of sp³-hybridized carbons (Fsp3) is 0.200. The molecule has 0 saturated heterocycles. The van der Waals surface area contributed by atoms with Gasteiger partial charge in [-0.2, -0.15) is 0 Å². The first-order valence-corrected chi connectivity index (χ1v) is 5.90. The maximum atomic E-state index is 12.1. The largest absolute Gasteiger partial charge is 0.294 e. The third-order valence-electron chi connectivity index (χ3n) is 2.92. The van der Waals surface area contributed by atoms with Crippen LogP contribution in [0, 0.1) is 0 Å². The van der Waals surface area contributed by atoms with Crippen molar-refractivity contribution in [3.8, 4) is 0 Å². The van der Waals surface area contributed by atoms with Gasteiger partial charge in [-0.25, -0.2) is 0 Å². The third-order valence-corrected chi connectivity index (χ3v) is 2.92. The van der Waals surface area contributed by atoms with Crippen molar-refractivity contribution in [2.45, 2.75) is 19.8 Å². The summed E-state index contributed by atoms with van der Waals surface area (Å²) >= 11 is 0. The molecule has 0 unspecified atom stereocenters. The van der Waals surface area contributed by atoms with E-state index in [9.17, 15) is 9.59 Å². The van der Waals surface area contributed by atoms with Gasteiger partial charge in [0.15, 0.2) is 5.78 Å². The minimum Gasteiger partial charge on any atom is -0.294 e. The van der Waals surface area contributed by atoms with Crippen LogP contribution < -0.4 is 0 Å². The summed E-state index contributed by atoms with van der Waals surface area (Å²) in [4.78, 5) is 23.6. The van der Waals surface area contributed by atoms with E-state index in [1.54, 1.807) is 16.8 Å². The highest BCUT2D eigenvalue weighted by atomic mass is 16.2. The van der Waals surface area contributed by atoms with Gasteiger partial charge in [-0.15, -0.1) is 6.58 Å². The van der Waals surface area contributed by atoms with Crippen LogP contribution in [0.4, 0.5) is 0 Å². The number of allylic oxidation sites excluding steroid dienone is 1. The van der Waals surface area contributed by atoms with E-state index in [1.165, 1.54) is 6.92 Å². The van der Waals surface area contributed by atoms with Gasteiger partial charge in [-0.3, -0.25) is 14.2 Å². The molecule has 0 spiro atoms. The molecule has 18 heavy (non-hydrogen) atoms. The van der Waals surface area contributed by atoms with E-state index in [0.29, 0.717) is 18.4 Å². The molecule has 3 nitrogen and oxygen atoms in total. The van der Waals surface area contributed by atoms with Crippen LogP contribution in [0.25, 0.3) is 10.9 Å². The van der Waals surface area contributed by atoms with E-state index in [2.05, 4.69) is 6.58 Å². The smallest absolute Gasteiger partial charge is 0.231 e. The standard InChI is InChI=1S/C15H15NO2/c1-3-4-9-15(18)16-10-13(11(2)17)12-7-5-6-8-14(12)16/h3,5-8,10H,1,4,9H2,2H3. The van der Waals surface area contributed by atoms with Crippen LogP contribution in [-0.2, 0) is 0 Å². The molecule has 0 aliphatic rings. The van der Waals surface area contributed by atoms with Crippen molar-refractivity contribution >= 4 is 22.6 Å². The van der Waals surface area contributed by atoms with Crippen molar-refractivity contribution in [1.29, 1.82) is 0 Å². The summed E-state index contributed by atoms with van der Waals surface area (Å²) in [6.45, 7) is 5.12. The molecule has 0 fully saturated rings. The highest BCUT2D eigenvalue weighted by Crippen LogP contribution is 2.22. The van der Waals surface area contributed by atoms with E-state index in [0.717, 1.165) is 10.9 Å². The number of hydrogen-bond donors (Lipinski definition) is 0. The summed E-state index contributed by atoms with van der Waals surface area (Å²) in [6, 6.07) is 7.45. The lowest BCUT2D eigenvalue weighted by atomic mass is 10.1. The monoisotopic (exact) mass is 241 g/mol. The van der Waals surface area contributed by atoms with Crippen molar-refractivity contribution in [2.75, 3.05) is 0 Å². The summed E-state index contributed by atoms with van der Waals surface area (Å²) in [7, 11) is 0.